The highest BCUT2D eigenvalue weighted by atomic mass is 16.3. The Bertz CT molecular complexity index is 1130. The van der Waals surface area contributed by atoms with Crippen LogP contribution in [0.1, 0.15) is 55.2 Å². The smallest absolute Gasteiger partial charge is 0.259 e. The zero-order valence-electron chi connectivity index (χ0n) is 21.5. The molecule has 36 heavy (non-hydrogen) atoms. The number of aliphatic hydroxyl groups is 1. The number of carbonyl (C=O) groups is 1. The molecule has 1 N–H and O–H groups in total. The number of benzene rings is 2. The third-order valence-corrected chi connectivity index (χ3v) is 8.77. The van der Waals surface area contributed by atoms with Crippen LogP contribution in [0.4, 0.5) is 0 Å². The fourth-order valence-electron chi connectivity index (χ4n) is 6.11. The Kier molecular flexibility index (Phi) is 7.50. The quantitative estimate of drug-likeness (QED) is 0.597. The molecule has 2 fully saturated rings. The average Bonchev–Trinajstić information content (AvgIpc) is 3.47. The number of nitriles is 2. The number of amides is 1. The van der Waals surface area contributed by atoms with E-state index in [1.54, 1.807) is 4.90 Å². The summed E-state index contributed by atoms with van der Waals surface area (Å²) in [6.45, 7) is 1.71. The Morgan fingerprint density at radius 2 is 1.67 bits per heavy atom. The van der Waals surface area contributed by atoms with Crippen molar-refractivity contribution in [3.05, 3.63) is 71.3 Å². The van der Waals surface area contributed by atoms with Gasteiger partial charge < -0.3 is 14.5 Å². The average molecular weight is 486 g/mol. The molecule has 0 aromatic heterocycles. The number of likely N-dealkylation sites (tertiary alicyclic amines) is 1. The van der Waals surface area contributed by atoms with Gasteiger partial charge >= 0.3 is 0 Å². The molecule has 1 aliphatic heterocycles. The van der Waals surface area contributed by atoms with Gasteiger partial charge in [0.1, 0.15) is 6.07 Å². The molecule has 1 heterocycles. The Balaban J connectivity index is 1.47. The van der Waals surface area contributed by atoms with Crippen molar-refractivity contribution in [1.82, 2.24) is 4.90 Å². The van der Waals surface area contributed by atoms with E-state index in [0.29, 0.717) is 41.5 Å². The van der Waals surface area contributed by atoms with Gasteiger partial charge in [-0.25, -0.2) is 0 Å². The molecular formula is C30H37N4O2+. The van der Waals surface area contributed by atoms with Crippen LogP contribution in [0.3, 0.4) is 0 Å². The summed E-state index contributed by atoms with van der Waals surface area (Å²) in [6.07, 6.45) is 5.74. The minimum absolute atomic E-state index is 0.0744. The van der Waals surface area contributed by atoms with Crippen molar-refractivity contribution in [1.29, 1.82) is 10.5 Å². The van der Waals surface area contributed by atoms with Crippen LogP contribution in [0, 0.1) is 28.6 Å². The van der Waals surface area contributed by atoms with Crippen molar-refractivity contribution in [3.63, 3.8) is 0 Å². The minimum Gasteiger partial charge on any atom is -0.375 e. The molecule has 6 heteroatoms. The molecule has 0 spiro atoms. The van der Waals surface area contributed by atoms with E-state index in [9.17, 15) is 15.2 Å². The predicted molar refractivity (Wildman–Crippen MR) is 138 cm³/mol. The van der Waals surface area contributed by atoms with Crippen LogP contribution in [-0.4, -0.2) is 59.7 Å². The molecule has 4 rings (SSSR count). The van der Waals surface area contributed by atoms with Crippen molar-refractivity contribution < 1.29 is 14.4 Å². The highest BCUT2D eigenvalue weighted by Crippen LogP contribution is 2.43. The Morgan fingerprint density at radius 3 is 2.22 bits per heavy atom. The topological polar surface area (TPSA) is 88.1 Å². The molecule has 0 radical (unpaired) electrons. The number of piperidine rings is 1. The van der Waals surface area contributed by atoms with Gasteiger partial charge in [-0.05, 0) is 36.1 Å². The summed E-state index contributed by atoms with van der Waals surface area (Å²) in [4.78, 5) is 15.7. The molecule has 2 aromatic carbocycles. The van der Waals surface area contributed by atoms with Gasteiger partial charge in [0.2, 0.25) is 0 Å². The zero-order chi connectivity index (χ0) is 25.8. The number of quaternary nitrogens is 1. The number of carbonyl (C=O) groups excluding carboxylic acids is 1. The van der Waals surface area contributed by atoms with Gasteiger partial charge in [-0.2, -0.15) is 10.5 Å². The van der Waals surface area contributed by atoms with Gasteiger partial charge in [0, 0.05) is 38.3 Å². The number of nitrogens with zero attached hydrogens (tertiary/aromatic N) is 4. The fourth-order valence-corrected chi connectivity index (χ4v) is 6.11. The fraction of sp³-hybridized carbons (Fsp3) is 0.500. The third-order valence-electron chi connectivity index (χ3n) is 8.77. The van der Waals surface area contributed by atoms with Crippen LogP contribution in [0.15, 0.2) is 54.6 Å². The normalized spacial score (nSPS) is 19.8. The molecule has 1 atom stereocenters. The molecule has 2 aliphatic rings. The number of hydrogen-bond acceptors (Lipinski definition) is 4. The van der Waals surface area contributed by atoms with Crippen molar-refractivity contribution >= 4 is 5.91 Å². The number of hydrogen-bond donors (Lipinski definition) is 1. The summed E-state index contributed by atoms with van der Waals surface area (Å²) in [7, 11) is 4.20. The zero-order valence-corrected chi connectivity index (χ0v) is 21.5. The minimum atomic E-state index is -1.51. The van der Waals surface area contributed by atoms with Crippen LogP contribution in [-0.2, 0) is 16.8 Å². The molecule has 1 saturated heterocycles. The van der Waals surface area contributed by atoms with E-state index in [-0.39, 0.29) is 11.8 Å². The predicted octanol–water partition coefficient (Wildman–Crippen LogP) is 4.14. The van der Waals surface area contributed by atoms with E-state index in [2.05, 4.69) is 26.2 Å². The van der Waals surface area contributed by atoms with E-state index < -0.39 is 11.1 Å². The van der Waals surface area contributed by atoms with E-state index in [1.165, 1.54) is 0 Å². The van der Waals surface area contributed by atoms with Gasteiger partial charge in [-0.15, -0.1) is 0 Å². The van der Waals surface area contributed by atoms with Crippen molar-refractivity contribution in [2.75, 3.05) is 33.7 Å². The summed E-state index contributed by atoms with van der Waals surface area (Å²) in [5, 5.41) is 31.3. The molecule has 2 aromatic rings. The van der Waals surface area contributed by atoms with Crippen LogP contribution >= 0.6 is 0 Å². The molecular weight excluding hydrogens is 448 g/mol. The Labute approximate surface area is 215 Å². The van der Waals surface area contributed by atoms with E-state index in [4.69, 9.17) is 5.26 Å². The van der Waals surface area contributed by atoms with Gasteiger partial charge in [0.15, 0.2) is 11.1 Å². The second-order valence-electron chi connectivity index (χ2n) is 11.0. The first-order valence-electron chi connectivity index (χ1n) is 13.1. The summed E-state index contributed by atoms with van der Waals surface area (Å²) in [5.41, 5.74) is 0.362. The third kappa shape index (κ3) is 4.76. The lowest BCUT2D eigenvalue weighted by Crippen LogP contribution is -2.65. The SMILES string of the molecule is C[N+](C)(CCc1ccc(C#N)cc1)C1(C#N)CCN(C(=O)C(O)(c2ccccc2)C2CCCC2)CC1. The lowest BCUT2D eigenvalue weighted by molar-refractivity contribution is -0.934. The summed E-state index contributed by atoms with van der Waals surface area (Å²) < 4.78 is 0.539. The number of rotatable bonds is 7. The van der Waals surface area contributed by atoms with Crippen molar-refractivity contribution in [2.45, 2.75) is 56.1 Å². The maximum absolute atomic E-state index is 13.9. The van der Waals surface area contributed by atoms with E-state index >= 15 is 0 Å². The lowest BCUT2D eigenvalue weighted by atomic mass is 9.77. The van der Waals surface area contributed by atoms with Crippen molar-refractivity contribution in [3.8, 4) is 12.1 Å². The molecule has 6 nitrogen and oxygen atoms in total. The second-order valence-corrected chi connectivity index (χ2v) is 11.0. The van der Waals surface area contributed by atoms with Crippen LogP contribution in [0.25, 0.3) is 0 Å². The highest BCUT2D eigenvalue weighted by molar-refractivity contribution is 5.87. The maximum atomic E-state index is 13.9. The molecule has 1 saturated carbocycles. The highest BCUT2D eigenvalue weighted by Gasteiger charge is 2.53. The van der Waals surface area contributed by atoms with Crippen molar-refractivity contribution in [2.24, 2.45) is 5.92 Å². The van der Waals surface area contributed by atoms with Gasteiger partial charge in [-0.1, -0.05) is 55.3 Å². The second kappa shape index (κ2) is 10.4. The molecule has 1 unspecified atom stereocenters. The summed E-state index contributed by atoms with van der Waals surface area (Å²) in [6, 6.07) is 21.8. The molecule has 1 aliphatic carbocycles. The van der Waals surface area contributed by atoms with Crippen LogP contribution in [0.2, 0.25) is 0 Å². The van der Waals surface area contributed by atoms with E-state index in [1.807, 2.05) is 54.6 Å². The first kappa shape index (κ1) is 25.9. The largest absolute Gasteiger partial charge is 0.375 e. The molecule has 188 valence electrons. The monoisotopic (exact) mass is 485 g/mol. The lowest BCUT2D eigenvalue weighted by Gasteiger charge is -2.49. The van der Waals surface area contributed by atoms with Gasteiger partial charge in [-0.3, -0.25) is 4.79 Å². The van der Waals surface area contributed by atoms with Crippen LogP contribution < -0.4 is 0 Å². The maximum Gasteiger partial charge on any atom is 0.259 e. The molecule has 1 amide bonds. The van der Waals surface area contributed by atoms with Crippen LogP contribution in [0.5, 0.6) is 0 Å². The van der Waals surface area contributed by atoms with Gasteiger partial charge in [0.25, 0.3) is 5.91 Å². The standard InChI is InChI=1S/C30H37N4O2/c1-34(2,21-16-24-12-14-25(22-31)15-13-24)29(23-32)17-19-33(20-18-29)28(35)30(36,27-10-6-7-11-27)26-8-4-3-5-9-26/h3-5,8-9,12-15,27,36H,6-7,10-11,16-21H2,1-2H3/q+1. The summed E-state index contributed by atoms with van der Waals surface area (Å²) >= 11 is 0. The molecule has 0 bridgehead atoms. The van der Waals surface area contributed by atoms with E-state index in [0.717, 1.165) is 44.2 Å². The Morgan fingerprint density at radius 1 is 1.06 bits per heavy atom. The summed E-state index contributed by atoms with van der Waals surface area (Å²) in [5.74, 6) is -0.287. The first-order chi connectivity index (χ1) is 17.3. The van der Waals surface area contributed by atoms with Gasteiger partial charge in [0.05, 0.1) is 32.3 Å². The number of likely N-dealkylation sites (N-methyl/N-ethyl adjacent to an activating group) is 1. The Hall–Kier alpha value is -3.19. The first-order valence-corrected chi connectivity index (χ1v) is 13.1.